The number of nitrogens with zero attached hydrogens (tertiary/aromatic N) is 1. The predicted molar refractivity (Wildman–Crippen MR) is 69.2 cm³/mol. The van der Waals surface area contributed by atoms with Gasteiger partial charge in [-0.3, -0.25) is 4.79 Å². The molecule has 2 N–H and O–H groups in total. The highest BCUT2D eigenvalue weighted by atomic mass is 35.5. The lowest BCUT2D eigenvalue weighted by molar-refractivity contribution is -0.144. The molecule has 5 heteroatoms. The van der Waals surface area contributed by atoms with Crippen molar-refractivity contribution in [2.45, 2.75) is 50.7 Å². The van der Waals surface area contributed by atoms with Crippen LogP contribution >= 0.6 is 12.4 Å². The van der Waals surface area contributed by atoms with Crippen LogP contribution in [0, 0.1) is 0 Å². The second-order valence-electron chi connectivity index (χ2n) is 4.76. The molecule has 2 heterocycles. The van der Waals surface area contributed by atoms with Gasteiger partial charge in [-0.05, 0) is 45.1 Å². The first-order valence-corrected chi connectivity index (χ1v) is 6.45. The van der Waals surface area contributed by atoms with E-state index in [1.54, 1.807) is 0 Å². The molecule has 0 aromatic heterocycles. The zero-order chi connectivity index (χ0) is 11.4. The Morgan fingerprint density at radius 2 is 2.12 bits per heavy atom. The average Bonchev–Trinajstić information content (AvgIpc) is 2.83. The number of halogens is 1. The number of hydrogen-bond acceptors (Lipinski definition) is 3. The summed E-state index contributed by atoms with van der Waals surface area (Å²) >= 11 is 0. The molecule has 0 radical (unpaired) electrons. The molecule has 0 aliphatic carbocycles. The van der Waals surface area contributed by atoms with Crippen molar-refractivity contribution in [2.24, 2.45) is 5.73 Å². The first-order chi connectivity index (χ1) is 7.83. The summed E-state index contributed by atoms with van der Waals surface area (Å²) in [6.07, 6.45) is 6.13. The number of carbonyl (C=O) groups excluding carboxylic acids is 1. The highest BCUT2D eigenvalue weighted by Gasteiger charge is 2.33. The van der Waals surface area contributed by atoms with Gasteiger partial charge in [-0.25, -0.2) is 0 Å². The molecule has 2 aliphatic heterocycles. The van der Waals surface area contributed by atoms with Crippen LogP contribution in [-0.2, 0) is 9.53 Å². The van der Waals surface area contributed by atoms with E-state index < -0.39 is 0 Å². The van der Waals surface area contributed by atoms with E-state index in [9.17, 15) is 4.79 Å². The Labute approximate surface area is 109 Å². The molecule has 17 heavy (non-hydrogen) atoms. The SMILES string of the molecule is Cl.NCCC1CCCCN1C(=O)[C@@H]1CCCO1. The van der Waals surface area contributed by atoms with Gasteiger partial charge in [0.2, 0.25) is 0 Å². The standard InChI is InChI=1S/C12H22N2O2.ClH/c13-7-6-10-4-1-2-8-14(10)12(15)11-5-3-9-16-11;/h10-11H,1-9,13H2;1H/t10?,11-;/m0./s1. The summed E-state index contributed by atoms with van der Waals surface area (Å²) in [5.41, 5.74) is 5.61. The zero-order valence-corrected chi connectivity index (χ0v) is 11.1. The Morgan fingerprint density at radius 3 is 2.76 bits per heavy atom. The molecule has 1 amide bonds. The van der Waals surface area contributed by atoms with Crippen LogP contribution in [0.4, 0.5) is 0 Å². The molecule has 2 rings (SSSR count). The summed E-state index contributed by atoms with van der Waals surface area (Å²) in [5.74, 6) is 0.204. The van der Waals surface area contributed by atoms with Crippen molar-refractivity contribution in [3.05, 3.63) is 0 Å². The first kappa shape index (κ1) is 14.7. The van der Waals surface area contributed by atoms with E-state index in [1.165, 1.54) is 6.42 Å². The number of hydrogen-bond donors (Lipinski definition) is 1. The van der Waals surface area contributed by atoms with Gasteiger partial charge in [0.15, 0.2) is 0 Å². The van der Waals surface area contributed by atoms with Crippen molar-refractivity contribution in [3.8, 4) is 0 Å². The van der Waals surface area contributed by atoms with Crippen LogP contribution in [0.1, 0.15) is 38.5 Å². The molecule has 2 aliphatic rings. The molecular formula is C12H23ClN2O2. The molecule has 0 spiro atoms. The molecule has 1 unspecified atom stereocenters. The number of carbonyl (C=O) groups is 1. The minimum atomic E-state index is -0.168. The number of amides is 1. The Kier molecular flexibility index (Phi) is 6.23. The number of ether oxygens (including phenoxy) is 1. The number of nitrogens with two attached hydrogens (primary N) is 1. The van der Waals surface area contributed by atoms with Crippen molar-refractivity contribution in [1.29, 1.82) is 0 Å². The molecule has 0 bridgehead atoms. The Balaban J connectivity index is 0.00000144. The second kappa shape index (κ2) is 7.19. The normalized spacial score (nSPS) is 28.9. The van der Waals surface area contributed by atoms with Crippen molar-refractivity contribution in [1.82, 2.24) is 4.90 Å². The van der Waals surface area contributed by atoms with Gasteiger partial charge in [-0.2, -0.15) is 0 Å². The third-order valence-electron chi connectivity index (χ3n) is 3.62. The summed E-state index contributed by atoms with van der Waals surface area (Å²) in [7, 11) is 0. The van der Waals surface area contributed by atoms with E-state index in [2.05, 4.69) is 0 Å². The fourth-order valence-corrected chi connectivity index (χ4v) is 2.74. The highest BCUT2D eigenvalue weighted by molar-refractivity contribution is 5.85. The van der Waals surface area contributed by atoms with Gasteiger partial charge >= 0.3 is 0 Å². The third kappa shape index (κ3) is 3.57. The monoisotopic (exact) mass is 262 g/mol. The van der Waals surface area contributed by atoms with Crippen molar-refractivity contribution >= 4 is 18.3 Å². The van der Waals surface area contributed by atoms with E-state index >= 15 is 0 Å². The average molecular weight is 263 g/mol. The maximum absolute atomic E-state index is 12.2. The quantitative estimate of drug-likeness (QED) is 0.835. The summed E-state index contributed by atoms with van der Waals surface area (Å²) in [6, 6.07) is 0.357. The van der Waals surface area contributed by atoms with E-state index in [4.69, 9.17) is 10.5 Å². The van der Waals surface area contributed by atoms with E-state index in [0.29, 0.717) is 12.6 Å². The maximum atomic E-state index is 12.2. The topological polar surface area (TPSA) is 55.6 Å². The Morgan fingerprint density at radius 1 is 1.29 bits per heavy atom. The maximum Gasteiger partial charge on any atom is 0.251 e. The van der Waals surface area contributed by atoms with Crippen molar-refractivity contribution in [3.63, 3.8) is 0 Å². The second-order valence-corrected chi connectivity index (χ2v) is 4.76. The predicted octanol–water partition coefficient (Wildman–Crippen LogP) is 1.32. The van der Waals surface area contributed by atoms with Gasteiger partial charge in [-0.1, -0.05) is 0 Å². The van der Waals surface area contributed by atoms with Crippen LogP contribution in [0.15, 0.2) is 0 Å². The molecule has 2 atom stereocenters. The lowest BCUT2D eigenvalue weighted by Crippen LogP contribution is -2.48. The molecule has 2 fully saturated rings. The summed E-state index contributed by atoms with van der Waals surface area (Å²) in [4.78, 5) is 14.3. The van der Waals surface area contributed by atoms with E-state index in [0.717, 1.165) is 45.3 Å². The minimum absolute atomic E-state index is 0. The van der Waals surface area contributed by atoms with Gasteiger partial charge in [0.05, 0.1) is 0 Å². The van der Waals surface area contributed by atoms with Gasteiger partial charge in [-0.15, -0.1) is 12.4 Å². The van der Waals surface area contributed by atoms with Gasteiger partial charge < -0.3 is 15.4 Å². The fourth-order valence-electron chi connectivity index (χ4n) is 2.74. The van der Waals surface area contributed by atoms with Crippen LogP contribution in [-0.4, -0.2) is 42.6 Å². The number of piperidine rings is 1. The van der Waals surface area contributed by atoms with Crippen LogP contribution in [0.25, 0.3) is 0 Å². The molecule has 4 nitrogen and oxygen atoms in total. The van der Waals surface area contributed by atoms with E-state index in [1.807, 2.05) is 4.90 Å². The van der Waals surface area contributed by atoms with E-state index in [-0.39, 0.29) is 24.4 Å². The molecule has 100 valence electrons. The minimum Gasteiger partial charge on any atom is -0.368 e. The fraction of sp³-hybridized carbons (Fsp3) is 0.917. The first-order valence-electron chi connectivity index (χ1n) is 6.45. The third-order valence-corrected chi connectivity index (χ3v) is 3.62. The lowest BCUT2D eigenvalue weighted by Gasteiger charge is -2.37. The molecule has 0 aromatic rings. The molecule has 2 saturated heterocycles. The smallest absolute Gasteiger partial charge is 0.251 e. The van der Waals surface area contributed by atoms with Gasteiger partial charge in [0.1, 0.15) is 6.10 Å². The van der Waals surface area contributed by atoms with Crippen molar-refractivity contribution < 1.29 is 9.53 Å². The highest BCUT2D eigenvalue weighted by Crippen LogP contribution is 2.23. The van der Waals surface area contributed by atoms with Crippen LogP contribution in [0.3, 0.4) is 0 Å². The van der Waals surface area contributed by atoms with Crippen LogP contribution in [0.2, 0.25) is 0 Å². The zero-order valence-electron chi connectivity index (χ0n) is 10.3. The summed E-state index contributed by atoms with van der Waals surface area (Å²) in [5, 5.41) is 0. The van der Waals surface area contributed by atoms with Crippen LogP contribution < -0.4 is 5.73 Å². The lowest BCUT2D eigenvalue weighted by atomic mass is 9.98. The largest absolute Gasteiger partial charge is 0.368 e. The summed E-state index contributed by atoms with van der Waals surface area (Å²) in [6.45, 7) is 2.30. The number of rotatable bonds is 3. The van der Waals surface area contributed by atoms with Gasteiger partial charge in [0, 0.05) is 19.2 Å². The molecule has 0 saturated carbocycles. The summed E-state index contributed by atoms with van der Waals surface area (Å²) < 4.78 is 5.47. The molecule has 0 aromatic carbocycles. The van der Waals surface area contributed by atoms with Crippen molar-refractivity contribution in [2.75, 3.05) is 19.7 Å². The Bertz CT molecular complexity index is 243. The molecular weight excluding hydrogens is 240 g/mol. The number of likely N-dealkylation sites (tertiary alicyclic amines) is 1. The van der Waals surface area contributed by atoms with Crippen LogP contribution in [0.5, 0.6) is 0 Å². The Hall–Kier alpha value is -0.320. The van der Waals surface area contributed by atoms with Gasteiger partial charge in [0.25, 0.3) is 5.91 Å².